The van der Waals surface area contributed by atoms with Crippen molar-refractivity contribution in [3.8, 4) is 0 Å². The molecule has 0 bridgehead atoms. The second-order valence-electron chi connectivity index (χ2n) is 9.31. The van der Waals surface area contributed by atoms with Crippen molar-refractivity contribution in [3.63, 3.8) is 0 Å². The Morgan fingerprint density at radius 1 is 0.967 bits per heavy atom. The van der Waals surface area contributed by atoms with Crippen molar-refractivity contribution in [2.45, 2.75) is 84.0 Å². The van der Waals surface area contributed by atoms with Crippen LogP contribution in [0.2, 0.25) is 16.6 Å². The Balaban J connectivity index is 2.79. The van der Waals surface area contributed by atoms with Crippen LogP contribution in [0.3, 0.4) is 0 Å². The molecule has 166 valence electrons. The minimum Gasteiger partial charge on any atom is -0.467 e. The monoisotopic (exact) mass is 430 g/mol. The van der Waals surface area contributed by atoms with E-state index in [2.05, 4.69) is 75.5 Å². The fourth-order valence-corrected chi connectivity index (χ4v) is 12.3. The molecule has 1 amide bonds. The van der Waals surface area contributed by atoms with Crippen LogP contribution in [0.15, 0.2) is 30.5 Å². The first-order chi connectivity index (χ1) is 14.0. The van der Waals surface area contributed by atoms with Crippen LogP contribution in [0.5, 0.6) is 0 Å². The average molecular weight is 431 g/mol. The smallest absolute Gasteiger partial charge is 0.328 e. The molecule has 5 nitrogen and oxygen atoms in total. The first-order valence-electron chi connectivity index (χ1n) is 10.9. The van der Waals surface area contributed by atoms with Crippen molar-refractivity contribution in [1.29, 1.82) is 0 Å². The van der Waals surface area contributed by atoms with Crippen molar-refractivity contribution in [2.75, 3.05) is 7.11 Å². The summed E-state index contributed by atoms with van der Waals surface area (Å²) in [6.07, 6.45) is 2.26. The van der Waals surface area contributed by atoms with Gasteiger partial charge in [0.15, 0.2) is 8.24 Å². The number of esters is 1. The first kappa shape index (κ1) is 24.2. The Bertz CT molecular complexity index is 879. The second kappa shape index (κ2) is 9.37. The molecular weight excluding hydrogens is 392 g/mol. The average Bonchev–Trinajstić information content (AvgIpc) is 3.04. The summed E-state index contributed by atoms with van der Waals surface area (Å²) in [6.45, 7) is 17.5. The highest BCUT2D eigenvalue weighted by Gasteiger charge is 2.46. The van der Waals surface area contributed by atoms with Crippen LogP contribution in [0.1, 0.15) is 66.9 Å². The summed E-state index contributed by atoms with van der Waals surface area (Å²) in [7, 11) is -0.620. The number of nitrogens with zero attached hydrogens (tertiary/aromatic N) is 1. The lowest BCUT2D eigenvalue weighted by Gasteiger charge is -2.44. The summed E-state index contributed by atoms with van der Waals surface area (Å²) in [5.74, 6) is -0.878. The van der Waals surface area contributed by atoms with Gasteiger partial charge in [0, 0.05) is 23.7 Å². The molecule has 2 rings (SSSR count). The summed E-state index contributed by atoms with van der Waals surface area (Å²) in [4.78, 5) is 24.3. The number of hydrogen-bond donors (Lipinski definition) is 1. The van der Waals surface area contributed by atoms with Gasteiger partial charge in [0.2, 0.25) is 5.91 Å². The van der Waals surface area contributed by atoms with Gasteiger partial charge in [-0.1, -0.05) is 66.7 Å². The van der Waals surface area contributed by atoms with Gasteiger partial charge in [0.1, 0.15) is 6.04 Å². The Labute approximate surface area is 182 Å². The van der Waals surface area contributed by atoms with E-state index in [1.165, 1.54) is 19.6 Å². The summed E-state index contributed by atoms with van der Waals surface area (Å²) in [6, 6.07) is 7.71. The van der Waals surface area contributed by atoms with Crippen LogP contribution in [-0.2, 0) is 14.3 Å². The number of methoxy groups -OCH3 is 1. The third-order valence-electron chi connectivity index (χ3n) is 6.74. The lowest BCUT2D eigenvalue weighted by molar-refractivity contribution is -0.145. The molecule has 0 aliphatic rings. The Hall–Kier alpha value is -2.08. The number of aromatic nitrogens is 1. The molecule has 0 saturated carbocycles. The van der Waals surface area contributed by atoms with Crippen LogP contribution in [0, 0.1) is 0 Å². The molecule has 2 aromatic rings. The number of ether oxygens (including phenoxy) is 1. The van der Waals surface area contributed by atoms with E-state index in [0.717, 1.165) is 10.9 Å². The molecule has 0 spiro atoms. The Morgan fingerprint density at radius 2 is 1.50 bits per heavy atom. The first-order valence-corrected chi connectivity index (χ1v) is 13.1. The maximum Gasteiger partial charge on any atom is 0.328 e. The molecule has 1 aromatic carbocycles. The molecule has 0 aliphatic heterocycles. The quantitative estimate of drug-likeness (QED) is 0.448. The number of carbonyl (C=O) groups is 2. The summed E-state index contributed by atoms with van der Waals surface area (Å²) in [5, 5.41) is 3.94. The molecule has 1 unspecified atom stereocenters. The van der Waals surface area contributed by atoms with Gasteiger partial charge in [0.25, 0.3) is 0 Å². The molecule has 6 heteroatoms. The van der Waals surface area contributed by atoms with Gasteiger partial charge in [-0.3, -0.25) is 4.79 Å². The zero-order valence-corrected chi connectivity index (χ0v) is 20.9. The Morgan fingerprint density at radius 3 is 1.97 bits per heavy atom. The molecule has 0 aliphatic carbocycles. The van der Waals surface area contributed by atoms with Gasteiger partial charge < -0.3 is 14.3 Å². The van der Waals surface area contributed by atoms with Crippen LogP contribution in [0.25, 0.3) is 10.9 Å². The van der Waals surface area contributed by atoms with Crippen molar-refractivity contribution < 1.29 is 14.3 Å². The molecule has 1 aromatic heterocycles. The predicted molar refractivity (Wildman–Crippen MR) is 126 cm³/mol. The lowest BCUT2D eigenvalue weighted by atomic mass is 9.93. The van der Waals surface area contributed by atoms with Crippen LogP contribution < -0.4 is 5.32 Å². The van der Waals surface area contributed by atoms with E-state index in [4.69, 9.17) is 4.74 Å². The van der Waals surface area contributed by atoms with E-state index < -0.39 is 20.2 Å². The van der Waals surface area contributed by atoms with E-state index in [9.17, 15) is 9.59 Å². The fraction of sp³-hybridized carbons (Fsp3) is 0.583. The normalized spacial score (nSPS) is 14.4. The molecule has 0 saturated heterocycles. The number of rotatable bonds is 8. The molecule has 2 atom stereocenters. The highest BCUT2D eigenvalue weighted by molar-refractivity contribution is 6.82. The van der Waals surface area contributed by atoms with Gasteiger partial charge in [0.05, 0.1) is 7.11 Å². The summed E-state index contributed by atoms with van der Waals surface area (Å²) >= 11 is 0. The van der Waals surface area contributed by atoms with E-state index in [1.807, 2.05) is 13.0 Å². The second-order valence-corrected chi connectivity index (χ2v) is 15.0. The van der Waals surface area contributed by atoms with Crippen molar-refractivity contribution in [2.24, 2.45) is 0 Å². The van der Waals surface area contributed by atoms with Gasteiger partial charge in [-0.25, -0.2) is 4.79 Å². The summed E-state index contributed by atoms with van der Waals surface area (Å²) < 4.78 is 7.57. The molecule has 0 fully saturated rings. The number of fused-ring (bicyclic) bond motifs is 1. The Kier molecular flexibility index (Phi) is 7.56. The lowest BCUT2D eigenvalue weighted by Crippen LogP contribution is -2.51. The predicted octanol–water partition coefficient (Wildman–Crippen LogP) is 5.45. The maximum atomic E-state index is 12.5. The third-order valence-corrected chi connectivity index (χ3v) is 13.5. The number of para-hydroxylation sites is 1. The van der Waals surface area contributed by atoms with E-state index in [1.54, 1.807) is 0 Å². The number of amides is 1. The largest absolute Gasteiger partial charge is 0.467 e. The van der Waals surface area contributed by atoms with Crippen LogP contribution in [-0.4, -0.2) is 37.5 Å². The standard InChI is InChI=1S/C24H38N2O3Si/c1-15(2)30(16(3)4,17(5)6)26-14-21(20-12-10-11-13-22(20)26)18(7)23(24(28)29-9)25-19(8)27/h10-18,23H,1-9H3,(H,25,27)/t18?,23-/m0/s1. The number of benzene rings is 1. The minimum absolute atomic E-state index is 0.217. The SMILES string of the molecule is COC(=O)[C@@H](NC(C)=O)C(C)c1cn([Si](C(C)C)(C(C)C)C(C)C)c2ccccc12. The number of nitrogens with one attached hydrogen (secondary N) is 1. The van der Waals surface area contributed by atoms with Gasteiger partial charge in [-0.05, 0) is 34.5 Å². The molecule has 1 heterocycles. The van der Waals surface area contributed by atoms with Crippen LogP contribution >= 0.6 is 0 Å². The molecule has 1 N–H and O–H groups in total. The highest BCUT2D eigenvalue weighted by Crippen LogP contribution is 2.45. The maximum absolute atomic E-state index is 12.5. The van der Waals surface area contributed by atoms with E-state index in [0.29, 0.717) is 16.6 Å². The number of hydrogen-bond acceptors (Lipinski definition) is 3. The highest BCUT2D eigenvalue weighted by atomic mass is 28.3. The van der Waals surface area contributed by atoms with Gasteiger partial charge in [-0.15, -0.1) is 0 Å². The fourth-order valence-electron chi connectivity index (χ4n) is 5.64. The van der Waals surface area contributed by atoms with Gasteiger partial charge >= 0.3 is 5.97 Å². The zero-order chi connectivity index (χ0) is 22.8. The molecular formula is C24H38N2O3Si. The van der Waals surface area contributed by atoms with Crippen molar-refractivity contribution in [3.05, 3.63) is 36.0 Å². The topological polar surface area (TPSA) is 60.3 Å². The molecule has 0 radical (unpaired) electrons. The minimum atomic E-state index is -1.98. The third kappa shape index (κ3) is 4.06. The zero-order valence-electron chi connectivity index (χ0n) is 19.9. The van der Waals surface area contributed by atoms with E-state index >= 15 is 0 Å². The van der Waals surface area contributed by atoms with E-state index in [-0.39, 0.29) is 11.8 Å². The number of carbonyl (C=O) groups excluding carboxylic acids is 2. The molecule has 30 heavy (non-hydrogen) atoms. The van der Waals surface area contributed by atoms with Gasteiger partial charge in [-0.2, -0.15) is 0 Å². The van der Waals surface area contributed by atoms with Crippen molar-refractivity contribution in [1.82, 2.24) is 9.55 Å². The van der Waals surface area contributed by atoms with Crippen molar-refractivity contribution >= 4 is 31.0 Å². The summed E-state index contributed by atoms with van der Waals surface area (Å²) in [5.41, 5.74) is 3.93. The van der Waals surface area contributed by atoms with Crippen LogP contribution in [0.4, 0.5) is 0 Å².